The molecule has 6 nitrogen and oxygen atoms in total. The van der Waals surface area contributed by atoms with E-state index in [0.717, 1.165) is 35.9 Å². The fourth-order valence-electron chi connectivity index (χ4n) is 2.63. The Kier molecular flexibility index (Phi) is 3.83. The summed E-state index contributed by atoms with van der Waals surface area (Å²) in [4.78, 5) is 26.8. The van der Waals surface area contributed by atoms with E-state index in [4.69, 9.17) is 0 Å². The van der Waals surface area contributed by atoms with E-state index in [1.165, 1.54) is 11.3 Å². The summed E-state index contributed by atoms with van der Waals surface area (Å²) in [5, 5.41) is 6.00. The Hall–Kier alpha value is -2.02. The summed E-state index contributed by atoms with van der Waals surface area (Å²) < 4.78 is 0. The van der Waals surface area contributed by atoms with Gasteiger partial charge in [0.15, 0.2) is 10.9 Å². The van der Waals surface area contributed by atoms with Crippen molar-refractivity contribution >= 4 is 28.2 Å². The molecule has 3 rings (SSSR count). The number of likely N-dealkylation sites (tertiary alicyclic amines) is 1. The summed E-state index contributed by atoms with van der Waals surface area (Å²) >= 11 is 1.53. The smallest absolute Gasteiger partial charge is 0.220 e. The third kappa shape index (κ3) is 2.87. The number of carbonyl (C=O) groups excluding carboxylic acids is 1. The van der Waals surface area contributed by atoms with E-state index < -0.39 is 0 Å². The Labute approximate surface area is 127 Å². The minimum Gasteiger partial charge on any atom is -0.334 e. The second-order valence-corrected chi connectivity index (χ2v) is 5.94. The molecule has 1 saturated heterocycles. The highest BCUT2D eigenvalue weighted by molar-refractivity contribution is 7.13. The Bertz CT molecular complexity index is 656. The van der Waals surface area contributed by atoms with Crippen LogP contribution in [0.15, 0.2) is 17.8 Å². The molecule has 1 aliphatic heterocycles. The van der Waals surface area contributed by atoms with Crippen molar-refractivity contribution < 1.29 is 4.79 Å². The number of amides is 1. The van der Waals surface area contributed by atoms with E-state index in [-0.39, 0.29) is 11.9 Å². The first kappa shape index (κ1) is 13.9. The van der Waals surface area contributed by atoms with E-state index >= 15 is 0 Å². The fourth-order valence-corrected chi connectivity index (χ4v) is 3.32. The predicted octanol–water partition coefficient (Wildman–Crippen LogP) is 2.67. The van der Waals surface area contributed by atoms with Crippen LogP contribution in [0, 0.1) is 6.92 Å². The second-order valence-electron chi connectivity index (χ2n) is 5.08. The molecule has 1 atom stereocenters. The van der Waals surface area contributed by atoms with Gasteiger partial charge in [-0.2, -0.15) is 0 Å². The molecule has 1 amide bonds. The van der Waals surface area contributed by atoms with Gasteiger partial charge < -0.3 is 10.2 Å². The van der Waals surface area contributed by atoms with E-state index in [1.54, 1.807) is 19.3 Å². The van der Waals surface area contributed by atoms with Gasteiger partial charge in [0.1, 0.15) is 5.69 Å². The monoisotopic (exact) mass is 303 g/mol. The van der Waals surface area contributed by atoms with Crippen LogP contribution in [0.1, 0.15) is 37.2 Å². The van der Waals surface area contributed by atoms with Gasteiger partial charge in [-0.25, -0.2) is 9.97 Å². The van der Waals surface area contributed by atoms with Gasteiger partial charge in [-0.05, 0) is 19.8 Å². The summed E-state index contributed by atoms with van der Waals surface area (Å²) in [6, 6.07) is -0.000223. The maximum absolute atomic E-state index is 11.7. The minimum atomic E-state index is -0.000223. The molecule has 1 fully saturated rings. The standard InChI is InChI=1S/C14H17N5OS/c1-9-8-21-14(17-9)18-13-12(15-5-6-16-13)11-4-3-7-19(11)10(2)20/h5-6,8,11H,3-4,7H2,1-2H3,(H,16,17,18)/t11-/m0/s1. The Balaban J connectivity index is 1.90. The molecular formula is C14H17N5OS. The zero-order valence-corrected chi connectivity index (χ0v) is 12.9. The maximum Gasteiger partial charge on any atom is 0.220 e. The van der Waals surface area contributed by atoms with Crippen molar-refractivity contribution in [3.05, 3.63) is 29.2 Å². The van der Waals surface area contributed by atoms with Crippen molar-refractivity contribution in [1.82, 2.24) is 19.9 Å². The van der Waals surface area contributed by atoms with Gasteiger partial charge in [-0.1, -0.05) is 0 Å². The van der Waals surface area contributed by atoms with Crippen LogP contribution in [0.25, 0.3) is 0 Å². The molecule has 21 heavy (non-hydrogen) atoms. The van der Waals surface area contributed by atoms with Crippen LogP contribution in [0.4, 0.5) is 10.9 Å². The highest BCUT2D eigenvalue weighted by Crippen LogP contribution is 2.34. The Morgan fingerprint density at radius 1 is 1.43 bits per heavy atom. The summed E-state index contributed by atoms with van der Waals surface area (Å²) in [7, 11) is 0. The van der Waals surface area contributed by atoms with Gasteiger partial charge in [0, 0.05) is 31.2 Å². The number of hydrogen-bond acceptors (Lipinski definition) is 6. The number of hydrogen-bond donors (Lipinski definition) is 1. The van der Waals surface area contributed by atoms with Gasteiger partial charge in [-0.3, -0.25) is 9.78 Å². The van der Waals surface area contributed by atoms with E-state index in [9.17, 15) is 4.79 Å². The highest BCUT2D eigenvalue weighted by atomic mass is 32.1. The molecule has 7 heteroatoms. The van der Waals surface area contributed by atoms with Gasteiger partial charge in [0.25, 0.3) is 0 Å². The van der Waals surface area contributed by atoms with Crippen molar-refractivity contribution in [3.63, 3.8) is 0 Å². The molecule has 0 saturated carbocycles. The molecule has 0 radical (unpaired) electrons. The van der Waals surface area contributed by atoms with Crippen molar-refractivity contribution in [2.75, 3.05) is 11.9 Å². The van der Waals surface area contributed by atoms with Crippen LogP contribution in [0.3, 0.4) is 0 Å². The Morgan fingerprint density at radius 3 is 2.95 bits per heavy atom. The van der Waals surface area contributed by atoms with E-state index in [2.05, 4.69) is 20.3 Å². The first-order valence-electron chi connectivity index (χ1n) is 6.92. The largest absolute Gasteiger partial charge is 0.334 e. The van der Waals surface area contributed by atoms with E-state index in [0.29, 0.717) is 5.82 Å². The number of nitrogens with one attached hydrogen (secondary N) is 1. The Morgan fingerprint density at radius 2 is 2.24 bits per heavy atom. The molecule has 0 aromatic carbocycles. The molecule has 1 aliphatic rings. The van der Waals surface area contributed by atoms with Crippen molar-refractivity contribution in [3.8, 4) is 0 Å². The minimum absolute atomic E-state index is 0.000223. The molecule has 2 aromatic heterocycles. The normalized spacial score (nSPS) is 18.0. The van der Waals surface area contributed by atoms with Crippen LogP contribution in [-0.2, 0) is 4.79 Å². The second kappa shape index (κ2) is 5.77. The molecular weight excluding hydrogens is 286 g/mol. The quantitative estimate of drug-likeness (QED) is 0.944. The van der Waals surface area contributed by atoms with Gasteiger partial charge in [0.2, 0.25) is 5.91 Å². The van der Waals surface area contributed by atoms with Crippen LogP contribution in [-0.4, -0.2) is 32.3 Å². The van der Waals surface area contributed by atoms with E-state index in [1.807, 2.05) is 17.2 Å². The predicted molar refractivity (Wildman–Crippen MR) is 81.5 cm³/mol. The molecule has 0 bridgehead atoms. The SMILES string of the molecule is CC(=O)N1CCC[C@H]1c1nccnc1Nc1nc(C)cs1. The van der Waals surface area contributed by atoms with Crippen LogP contribution >= 0.6 is 11.3 Å². The lowest BCUT2D eigenvalue weighted by Gasteiger charge is -2.24. The molecule has 0 spiro atoms. The summed E-state index contributed by atoms with van der Waals surface area (Å²) in [5.74, 6) is 0.768. The first-order chi connectivity index (χ1) is 10.1. The summed E-state index contributed by atoms with van der Waals surface area (Å²) in [6.07, 6.45) is 5.24. The summed E-state index contributed by atoms with van der Waals surface area (Å²) in [6.45, 7) is 4.34. The van der Waals surface area contributed by atoms with Crippen LogP contribution in [0.2, 0.25) is 0 Å². The number of thiazole rings is 1. The molecule has 2 aromatic rings. The highest BCUT2D eigenvalue weighted by Gasteiger charge is 2.31. The van der Waals surface area contributed by atoms with Crippen LogP contribution in [0.5, 0.6) is 0 Å². The maximum atomic E-state index is 11.7. The van der Waals surface area contributed by atoms with Gasteiger partial charge in [-0.15, -0.1) is 11.3 Å². The zero-order valence-electron chi connectivity index (χ0n) is 12.0. The van der Waals surface area contributed by atoms with Crippen LogP contribution < -0.4 is 5.32 Å². The third-order valence-electron chi connectivity index (χ3n) is 3.54. The van der Waals surface area contributed by atoms with Gasteiger partial charge >= 0.3 is 0 Å². The first-order valence-corrected chi connectivity index (χ1v) is 7.80. The summed E-state index contributed by atoms with van der Waals surface area (Å²) in [5.41, 5.74) is 1.79. The molecule has 0 unspecified atom stereocenters. The number of anilines is 2. The lowest BCUT2D eigenvalue weighted by molar-refractivity contribution is -0.129. The third-order valence-corrected chi connectivity index (χ3v) is 4.42. The number of nitrogens with zero attached hydrogens (tertiary/aromatic N) is 4. The van der Waals surface area contributed by atoms with Crippen molar-refractivity contribution in [2.24, 2.45) is 0 Å². The average Bonchev–Trinajstić information content (AvgIpc) is 3.08. The molecule has 1 N–H and O–H groups in total. The number of aryl methyl sites for hydroxylation is 1. The fraction of sp³-hybridized carbons (Fsp3) is 0.429. The zero-order chi connectivity index (χ0) is 14.8. The number of aromatic nitrogens is 3. The lowest BCUT2D eigenvalue weighted by Crippen LogP contribution is -2.29. The topological polar surface area (TPSA) is 71.0 Å². The molecule has 110 valence electrons. The number of carbonyl (C=O) groups is 1. The molecule has 3 heterocycles. The molecule has 0 aliphatic carbocycles. The van der Waals surface area contributed by atoms with Gasteiger partial charge in [0.05, 0.1) is 11.7 Å². The lowest BCUT2D eigenvalue weighted by atomic mass is 10.1. The van der Waals surface area contributed by atoms with Crippen molar-refractivity contribution in [2.45, 2.75) is 32.7 Å². The van der Waals surface area contributed by atoms with Crippen molar-refractivity contribution in [1.29, 1.82) is 0 Å². The number of rotatable bonds is 3. The average molecular weight is 303 g/mol.